The van der Waals surface area contributed by atoms with Crippen LogP contribution < -0.4 is 15.8 Å². The van der Waals surface area contributed by atoms with E-state index in [-0.39, 0.29) is 6.04 Å². The van der Waals surface area contributed by atoms with Gasteiger partial charge in [0.1, 0.15) is 5.02 Å². The molecule has 1 aliphatic carbocycles. The number of anilines is 1. The van der Waals surface area contributed by atoms with Crippen molar-refractivity contribution in [2.75, 3.05) is 19.0 Å². The van der Waals surface area contributed by atoms with Crippen LogP contribution in [-0.4, -0.2) is 29.7 Å². The standard InChI is InChI=1S/C12H19ClN4O/c1-18-12-16-7-9(13)11(17-12)15-6-8-4-2-3-5-10(8)14/h7-8,10H,2-6,14H2,1H3,(H,15,16,17). The Balaban J connectivity index is 1.96. The van der Waals surface area contributed by atoms with Crippen molar-refractivity contribution in [3.63, 3.8) is 0 Å². The van der Waals surface area contributed by atoms with Crippen molar-refractivity contribution in [3.8, 4) is 6.01 Å². The fourth-order valence-electron chi connectivity index (χ4n) is 2.29. The molecular weight excluding hydrogens is 252 g/mol. The Labute approximate surface area is 112 Å². The molecule has 0 spiro atoms. The van der Waals surface area contributed by atoms with Gasteiger partial charge >= 0.3 is 6.01 Å². The molecule has 1 aromatic rings. The molecule has 2 unspecified atom stereocenters. The van der Waals surface area contributed by atoms with Crippen LogP contribution >= 0.6 is 11.6 Å². The molecule has 5 nitrogen and oxygen atoms in total. The molecule has 1 heterocycles. The summed E-state index contributed by atoms with van der Waals surface area (Å²) >= 11 is 6.03. The van der Waals surface area contributed by atoms with Crippen LogP contribution in [0.5, 0.6) is 6.01 Å². The van der Waals surface area contributed by atoms with Gasteiger partial charge in [-0.3, -0.25) is 0 Å². The fourth-order valence-corrected chi connectivity index (χ4v) is 2.45. The topological polar surface area (TPSA) is 73.1 Å². The fraction of sp³-hybridized carbons (Fsp3) is 0.667. The Morgan fingerprint density at radius 3 is 3.00 bits per heavy atom. The van der Waals surface area contributed by atoms with Crippen LogP contribution in [-0.2, 0) is 0 Å². The van der Waals surface area contributed by atoms with Gasteiger partial charge in [0.15, 0.2) is 5.82 Å². The maximum atomic E-state index is 6.11. The van der Waals surface area contributed by atoms with Crippen molar-refractivity contribution in [2.24, 2.45) is 11.7 Å². The summed E-state index contributed by atoms with van der Waals surface area (Å²) in [7, 11) is 1.53. The van der Waals surface area contributed by atoms with Gasteiger partial charge in [-0.25, -0.2) is 4.98 Å². The molecule has 0 radical (unpaired) electrons. The van der Waals surface area contributed by atoms with Gasteiger partial charge in [0.25, 0.3) is 0 Å². The Hall–Kier alpha value is -1.07. The second kappa shape index (κ2) is 6.20. The van der Waals surface area contributed by atoms with E-state index < -0.39 is 0 Å². The summed E-state index contributed by atoms with van der Waals surface area (Å²) in [6, 6.07) is 0.587. The van der Waals surface area contributed by atoms with E-state index >= 15 is 0 Å². The second-order valence-electron chi connectivity index (χ2n) is 4.64. The van der Waals surface area contributed by atoms with E-state index in [1.807, 2.05) is 0 Å². The van der Waals surface area contributed by atoms with E-state index in [1.165, 1.54) is 26.1 Å². The zero-order chi connectivity index (χ0) is 13.0. The average Bonchev–Trinajstić information content (AvgIpc) is 2.39. The molecule has 1 aliphatic rings. The van der Waals surface area contributed by atoms with Crippen LogP contribution in [0, 0.1) is 5.92 Å². The van der Waals surface area contributed by atoms with Gasteiger partial charge in [-0.2, -0.15) is 4.98 Å². The summed E-state index contributed by atoms with van der Waals surface area (Å²) in [5, 5.41) is 3.74. The van der Waals surface area contributed by atoms with E-state index in [9.17, 15) is 0 Å². The summed E-state index contributed by atoms with van der Waals surface area (Å²) in [5.74, 6) is 1.09. The lowest BCUT2D eigenvalue weighted by Gasteiger charge is -2.28. The first-order valence-electron chi connectivity index (χ1n) is 6.26. The number of nitrogens with zero attached hydrogens (tertiary/aromatic N) is 2. The molecule has 1 saturated carbocycles. The molecule has 3 N–H and O–H groups in total. The predicted molar refractivity (Wildman–Crippen MR) is 72.0 cm³/mol. The van der Waals surface area contributed by atoms with E-state index in [1.54, 1.807) is 0 Å². The minimum absolute atomic E-state index is 0.272. The molecule has 6 heteroatoms. The first kappa shape index (κ1) is 13.4. The SMILES string of the molecule is COc1ncc(Cl)c(NCC2CCCCC2N)n1. The Morgan fingerprint density at radius 2 is 2.28 bits per heavy atom. The van der Waals surface area contributed by atoms with Crippen molar-refractivity contribution in [1.29, 1.82) is 0 Å². The number of halogens is 1. The molecule has 2 atom stereocenters. The Bertz CT molecular complexity index is 402. The summed E-state index contributed by atoms with van der Waals surface area (Å²) < 4.78 is 4.98. The van der Waals surface area contributed by atoms with Crippen molar-refractivity contribution in [2.45, 2.75) is 31.7 Å². The maximum absolute atomic E-state index is 6.11. The lowest BCUT2D eigenvalue weighted by molar-refractivity contribution is 0.321. The molecule has 1 aromatic heterocycles. The van der Waals surface area contributed by atoms with E-state index in [4.69, 9.17) is 22.1 Å². The molecule has 0 aliphatic heterocycles. The van der Waals surface area contributed by atoms with Gasteiger partial charge in [-0.05, 0) is 18.8 Å². The molecule has 0 aromatic carbocycles. The lowest BCUT2D eigenvalue weighted by atomic mass is 9.85. The first-order valence-corrected chi connectivity index (χ1v) is 6.64. The normalized spacial score (nSPS) is 23.7. The number of hydrogen-bond donors (Lipinski definition) is 2. The van der Waals surface area contributed by atoms with E-state index in [0.29, 0.717) is 22.8 Å². The molecule has 100 valence electrons. The third-order valence-electron chi connectivity index (χ3n) is 3.40. The minimum atomic E-state index is 0.272. The Kier molecular flexibility index (Phi) is 4.60. The van der Waals surface area contributed by atoms with Gasteiger partial charge in [0.2, 0.25) is 0 Å². The quantitative estimate of drug-likeness (QED) is 0.876. The minimum Gasteiger partial charge on any atom is -0.467 e. The first-order chi connectivity index (χ1) is 8.70. The smallest absolute Gasteiger partial charge is 0.318 e. The Morgan fingerprint density at radius 1 is 1.50 bits per heavy atom. The van der Waals surface area contributed by atoms with E-state index in [0.717, 1.165) is 19.4 Å². The molecule has 0 saturated heterocycles. The zero-order valence-corrected chi connectivity index (χ0v) is 11.3. The van der Waals surface area contributed by atoms with Crippen LogP contribution in [0.3, 0.4) is 0 Å². The number of nitrogens with two attached hydrogens (primary N) is 1. The molecular formula is C12H19ClN4O. The number of hydrogen-bond acceptors (Lipinski definition) is 5. The van der Waals surface area contributed by atoms with Gasteiger partial charge in [-0.15, -0.1) is 0 Å². The lowest BCUT2D eigenvalue weighted by Crippen LogP contribution is -2.37. The maximum Gasteiger partial charge on any atom is 0.318 e. The highest BCUT2D eigenvalue weighted by molar-refractivity contribution is 6.32. The van der Waals surface area contributed by atoms with Crippen LogP contribution in [0.2, 0.25) is 5.02 Å². The van der Waals surface area contributed by atoms with Crippen molar-refractivity contribution < 1.29 is 4.74 Å². The summed E-state index contributed by atoms with van der Waals surface area (Å²) in [4.78, 5) is 8.12. The highest BCUT2D eigenvalue weighted by atomic mass is 35.5. The molecule has 2 rings (SSSR count). The van der Waals surface area contributed by atoms with E-state index in [2.05, 4.69) is 15.3 Å². The number of ether oxygens (including phenoxy) is 1. The van der Waals surface area contributed by atoms with Gasteiger partial charge in [0.05, 0.1) is 13.3 Å². The average molecular weight is 271 g/mol. The van der Waals surface area contributed by atoms with Crippen LogP contribution in [0.4, 0.5) is 5.82 Å². The van der Waals surface area contributed by atoms with Gasteiger partial charge in [0, 0.05) is 12.6 Å². The monoisotopic (exact) mass is 270 g/mol. The zero-order valence-electron chi connectivity index (χ0n) is 10.5. The molecule has 0 amide bonds. The largest absolute Gasteiger partial charge is 0.467 e. The number of aromatic nitrogens is 2. The highest BCUT2D eigenvalue weighted by Gasteiger charge is 2.21. The third-order valence-corrected chi connectivity index (χ3v) is 3.68. The van der Waals surface area contributed by atoms with Gasteiger partial charge < -0.3 is 15.8 Å². The molecule has 18 heavy (non-hydrogen) atoms. The van der Waals surface area contributed by atoms with Gasteiger partial charge in [-0.1, -0.05) is 24.4 Å². The third kappa shape index (κ3) is 3.23. The van der Waals surface area contributed by atoms with Crippen molar-refractivity contribution in [1.82, 2.24) is 9.97 Å². The summed E-state index contributed by atoms with van der Waals surface area (Å²) in [6.45, 7) is 0.793. The van der Waals surface area contributed by atoms with Crippen LogP contribution in [0.25, 0.3) is 0 Å². The number of methoxy groups -OCH3 is 1. The molecule has 1 fully saturated rings. The highest BCUT2D eigenvalue weighted by Crippen LogP contribution is 2.25. The number of nitrogens with one attached hydrogen (secondary N) is 1. The van der Waals surface area contributed by atoms with Crippen molar-refractivity contribution in [3.05, 3.63) is 11.2 Å². The predicted octanol–water partition coefficient (Wildman–Crippen LogP) is 2.07. The number of rotatable bonds is 4. The molecule has 0 bridgehead atoms. The van der Waals surface area contributed by atoms with Crippen molar-refractivity contribution >= 4 is 17.4 Å². The van der Waals surface area contributed by atoms with Crippen LogP contribution in [0.15, 0.2) is 6.20 Å². The second-order valence-corrected chi connectivity index (χ2v) is 5.05. The van der Waals surface area contributed by atoms with Crippen LogP contribution in [0.1, 0.15) is 25.7 Å². The summed E-state index contributed by atoms with van der Waals surface area (Å²) in [6.07, 6.45) is 6.29. The summed E-state index contributed by atoms with van der Waals surface area (Å²) in [5.41, 5.74) is 6.11.